The van der Waals surface area contributed by atoms with Gasteiger partial charge in [0.25, 0.3) is 10.0 Å². The fraction of sp³-hybridized carbons (Fsp3) is 0.300. The number of halogens is 2. The summed E-state index contributed by atoms with van der Waals surface area (Å²) in [5.74, 6) is -0.748. The van der Waals surface area contributed by atoms with Crippen LogP contribution in [0.3, 0.4) is 0 Å². The molecule has 3 rings (SSSR count). The zero-order chi connectivity index (χ0) is 12.2. The van der Waals surface area contributed by atoms with E-state index in [1.807, 2.05) is 0 Å². The first kappa shape index (κ1) is 11.0. The van der Waals surface area contributed by atoms with Gasteiger partial charge in [0.05, 0.1) is 10.7 Å². The van der Waals surface area contributed by atoms with Crippen molar-refractivity contribution in [3.63, 3.8) is 0 Å². The van der Waals surface area contributed by atoms with Crippen LogP contribution < -0.4 is 4.90 Å². The van der Waals surface area contributed by atoms with Crippen molar-refractivity contribution in [3.8, 4) is 0 Å². The van der Waals surface area contributed by atoms with Crippen LogP contribution in [0.25, 0.3) is 0 Å². The normalized spacial score (nSPS) is 21.4. The molecule has 0 N–H and O–H groups in total. The number of sulfonamides is 1. The topological polar surface area (TPSA) is 49.7 Å². The Hall–Kier alpha value is -1.14. The molecule has 0 aromatic heterocycles. The molecule has 1 heterocycles. The molecule has 0 spiro atoms. The Labute approximate surface area is 103 Å². The van der Waals surface area contributed by atoms with Gasteiger partial charge in [-0.15, -0.1) is 4.40 Å². The minimum atomic E-state index is -3.79. The van der Waals surface area contributed by atoms with E-state index in [1.54, 1.807) is 4.90 Å². The standard InChI is InChI=1S/C10H8ClFN2O2S/c11-7-3-9-10(4-8(7)12)17(15,16)13-5-14(9)6-1-2-6/h3-6H,1-2H2. The van der Waals surface area contributed by atoms with E-state index in [2.05, 4.69) is 4.40 Å². The van der Waals surface area contributed by atoms with Crippen molar-refractivity contribution in [3.05, 3.63) is 23.0 Å². The predicted molar refractivity (Wildman–Crippen MR) is 62.6 cm³/mol. The van der Waals surface area contributed by atoms with Gasteiger partial charge < -0.3 is 4.90 Å². The second-order valence-electron chi connectivity index (χ2n) is 4.07. The van der Waals surface area contributed by atoms with Crippen LogP contribution in [0.15, 0.2) is 21.4 Å². The van der Waals surface area contributed by atoms with E-state index < -0.39 is 15.8 Å². The maximum atomic E-state index is 13.3. The lowest BCUT2D eigenvalue weighted by Gasteiger charge is -2.25. The smallest absolute Gasteiger partial charge is 0.285 e. The lowest BCUT2D eigenvalue weighted by molar-refractivity contribution is 0.591. The van der Waals surface area contributed by atoms with Gasteiger partial charge in [-0.05, 0) is 25.0 Å². The number of anilines is 1. The quantitative estimate of drug-likeness (QED) is 0.789. The monoisotopic (exact) mass is 274 g/mol. The molecular weight excluding hydrogens is 267 g/mol. The predicted octanol–water partition coefficient (Wildman–Crippen LogP) is 2.18. The largest absolute Gasteiger partial charge is 0.327 e. The second-order valence-corrected chi connectivity index (χ2v) is 6.08. The van der Waals surface area contributed by atoms with Crippen molar-refractivity contribution < 1.29 is 12.8 Å². The molecule has 7 heteroatoms. The van der Waals surface area contributed by atoms with Crippen LogP contribution in [0.5, 0.6) is 0 Å². The lowest BCUT2D eigenvalue weighted by Crippen LogP contribution is -2.29. The van der Waals surface area contributed by atoms with E-state index in [1.165, 1.54) is 12.4 Å². The van der Waals surface area contributed by atoms with Gasteiger partial charge in [0.2, 0.25) is 0 Å². The van der Waals surface area contributed by atoms with Gasteiger partial charge in [0.15, 0.2) is 0 Å². The van der Waals surface area contributed by atoms with E-state index in [0.717, 1.165) is 18.9 Å². The lowest BCUT2D eigenvalue weighted by atomic mass is 10.2. The third kappa shape index (κ3) is 1.71. The summed E-state index contributed by atoms with van der Waals surface area (Å²) in [6, 6.07) is 2.51. The van der Waals surface area contributed by atoms with Crippen molar-refractivity contribution in [2.75, 3.05) is 4.90 Å². The first-order chi connectivity index (χ1) is 7.99. The Morgan fingerprint density at radius 1 is 1.41 bits per heavy atom. The van der Waals surface area contributed by atoms with Gasteiger partial charge >= 0.3 is 0 Å². The Bertz CT molecular complexity index is 625. The van der Waals surface area contributed by atoms with Crippen molar-refractivity contribution in [1.29, 1.82) is 0 Å². The van der Waals surface area contributed by atoms with Crippen LogP contribution in [0.4, 0.5) is 10.1 Å². The summed E-state index contributed by atoms with van der Waals surface area (Å²) in [6.45, 7) is 0. The molecule has 0 bridgehead atoms. The molecule has 1 fully saturated rings. The van der Waals surface area contributed by atoms with Gasteiger partial charge in [0.1, 0.15) is 17.1 Å². The molecule has 17 heavy (non-hydrogen) atoms. The molecule has 1 aromatic rings. The van der Waals surface area contributed by atoms with E-state index >= 15 is 0 Å². The molecule has 1 saturated carbocycles. The fourth-order valence-electron chi connectivity index (χ4n) is 1.80. The highest BCUT2D eigenvalue weighted by Crippen LogP contribution is 2.39. The maximum absolute atomic E-state index is 13.3. The molecule has 90 valence electrons. The van der Waals surface area contributed by atoms with Gasteiger partial charge in [-0.1, -0.05) is 11.6 Å². The zero-order valence-corrected chi connectivity index (χ0v) is 10.2. The molecule has 4 nitrogen and oxygen atoms in total. The van der Waals surface area contributed by atoms with Gasteiger partial charge in [-0.25, -0.2) is 4.39 Å². The molecule has 2 aliphatic rings. The van der Waals surface area contributed by atoms with Gasteiger partial charge in [-0.3, -0.25) is 0 Å². The highest BCUT2D eigenvalue weighted by molar-refractivity contribution is 7.90. The summed E-state index contributed by atoms with van der Waals surface area (Å²) in [5.41, 5.74) is 0.411. The summed E-state index contributed by atoms with van der Waals surface area (Å²) >= 11 is 5.69. The third-order valence-electron chi connectivity index (χ3n) is 2.81. The Morgan fingerprint density at radius 3 is 2.76 bits per heavy atom. The summed E-state index contributed by atoms with van der Waals surface area (Å²) in [5, 5.41) is -0.0834. The molecule has 0 radical (unpaired) electrons. The van der Waals surface area contributed by atoms with Crippen molar-refractivity contribution >= 4 is 33.7 Å². The van der Waals surface area contributed by atoms with Crippen LogP contribution in [0.1, 0.15) is 12.8 Å². The molecule has 0 unspecified atom stereocenters. The summed E-state index contributed by atoms with van der Waals surface area (Å²) in [7, 11) is -3.79. The molecule has 0 atom stereocenters. The van der Waals surface area contributed by atoms with Crippen molar-refractivity contribution in [2.24, 2.45) is 4.40 Å². The highest BCUT2D eigenvalue weighted by Gasteiger charge is 2.35. The van der Waals surface area contributed by atoms with Crippen molar-refractivity contribution in [2.45, 2.75) is 23.8 Å². The third-order valence-corrected chi connectivity index (χ3v) is 4.35. The minimum Gasteiger partial charge on any atom is -0.327 e. The number of benzene rings is 1. The van der Waals surface area contributed by atoms with Crippen molar-refractivity contribution in [1.82, 2.24) is 0 Å². The number of hydrogen-bond acceptors (Lipinski definition) is 3. The summed E-state index contributed by atoms with van der Waals surface area (Å²) < 4.78 is 40.2. The average Bonchev–Trinajstić information content (AvgIpc) is 3.05. The SMILES string of the molecule is O=S1(=O)N=CN(C2CC2)c2cc(Cl)c(F)cc21. The van der Waals surface area contributed by atoms with Gasteiger partial charge in [0, 0.05) is 6.04 Å². The second kappa shape index (κ2) is 3.43. The Morgan fingerprint density at radius 2 is 2.12 bits per heavy atom. The molecule has 1 aliphatic carbocycles. The van der Waals surface area contributed by atoms with Gasteiger partial charge in [-0.2, -0.15) is 8.42 Å². The molecule has 0 amide bonds. The van der Waals surface area contributed by atoms with Crippen LogP contribution in [-0.4, -0.2) is 20.8 Å². The van der Waals surface area contributed by atoms with E-state index in [9.17, 15) is 12.8 Å². The fourth-order valence-corrected chi connectivity index (χ4v) is 2.98. The molecular formula is C10H8ClFN2O2S. The van der Waals surface area contributed by atoms with Crippen LogP contribution in [-0.2, 0) is 10.0 Å². The molecule has 1 aromatic carbocycles. The number of fused-ring (bicyclic) bond motifs is 1. The van der Waals surface area contributed by atoms with E-state index in [4.69, 9.17) is 11.6 Å². The maximum Gasteiger partial charge on any atom is 0.285 e. The number of nitrogens with zero attached hydrogens (tertiary/aromatic N) is 2. The molecule has 1 aliphatic heterocycles. The van der Waals surface area contributed by atoms with E-state index in [-0.39, 0.29) is 16.0 Å². The minimum absolute atomic E-state index is 0.0834. The average molecular weight is 275 g/mol. The number of hydrogen-bond donors (Lipinski definition) is 0. The Kier molecular flexibility index (Phi) is 2.21. The van der Waals surface area contributed by atoms with Crippen LogP contribution in [0.2, 0.25) is 5.02 Å². The summed E-state index contributed by atoms with van der Waals surface area (Å²) in [4.78, 5) is 1.62. The highest BCUT2D eigenvalue weighted by atomic mass is 35.5. The van der Waals surface area contributed by atoms with Crippen LogP contribution >= 0.6 is 11.6 Å². The number of rotatable bonds is 1. The van der Waals surface area contributed by atoms with Crippen LogP contribution in [0, 0.1) is 5.82 Å². The first-order valence-corrected chi connectivity index (χ1v) is 6.89. The zero-order valence-electron chi connectivity index (χ0n) is 8.60. The first-order valence-electron chi connectivity index (χ1n) is 5.07. The summed E-state index contributed by atoms with van der Waals surface area (Å²) in [6.07, 6.45) is 3.23. The molecule has 0 saturated heterocycles. The Balaban J connectivity index is 2.25. The van der Waals surface area contributed by atoms with E-state index in [0.29, 0.717) is 5.69 Å².